The monoisotopic (exact) mass is 873 g/mol. The van der Waals surface area contributed by atoms with Crippen molar-refractivity contribution in [1.82, 2.24) is 19.3 Å². The van der Waals surface area contributed by atoms with E-state index in [-0.39, 0.29) is 21.1 Å². The molecule has 0 spiro atoms. The Labute approximate surface area is 326 Å². The zero-order valence-electron chi connectivity index (χ0n) is 28.4. The van der Waals surface area contributed by atoms with Crippen LogP contribution in [0.5, 0.6) is 11.5 Å². The first-order valence-corrected chi connectivity index (χ1v) is 16.9. The minimum Gasteiger partial charge on any atom is -0.510 e. The van der Waals surface area contributed by atoms with Crippen molar-refractivity contribution in [3.63, 3.8) is 0 Å². The van der Waals surface area contributed by atoms with E-state index in [1.165, 1.54) is 0 Å². The van der Waals surface area contributed by atoms with Crippen molar-refractivity contribution in [2.75, 3.05) is 0 Å². The predicted molar refractivity (Wildman–Crippen MR) is 207 cm³/mol. The fraction of sp³-hybridized carbons (Fsp3) is 0. The molecule has 9 rings (SSSR count). The molecule has 0 N–H and O–H groups in total. The minimum atomic E-state index is 0. The van der Waals surface area contributed by atoms with Crippen LogP contribution in [0.4, 0.5) is 5.69 Å². The zero-order valence-corrected chi connectivity index (χ0v) is 30.7. The first-order chi connectivity index (χ1) is 26.2. The van der Waals surface area contributed by atoms with Gasteiger partial charge in [-0.15, -0.1) is 35.7 Å². The molecule has 8 heteroatoms. The van der Waals surface area contributed by atoms with Gasteiger partial charge in [0.25, 0.3) is 0 Å². The quantitative estimate of drug-likeness (QED) is 0.150. The molecule has 0 fully saturated rings. The third-order valence-corrected chi connectivity index (χ3v) is 9.17. The van der Waals surface area contributed by atoms with Gasteiger partial charge in [-0.1, -0.05) is 102 Å². The van der Waals surface area contributed by atoms with E-state index in [1.54, 1.807) is 23.0 Å². The Morgan fingerprint density at radius 1 is 0.704 bits per heavy atom. The molecule has 0 atom stereocenters. The maximum absolute atomic E-state index is 9.63. The average Bonchev–Trinajstić information content (AvgIpc) is 3.84. The second-order valence-electron chi connectivity index (χ2n) is 12.4. The van der Waals surface area contributed by atoms with E-state index in [0.717, 1.165) is 55.2 Å². The smallest absolute Gasteiger partial charge is 0.510 e. The fourth-order valence-electron chi connectivity index (χ4n) is 6.81. The van der Waals surface area contributed by atoms with Crippen LogP contribution in [0, 0.1) is 30.0 Å². The normalized spacial score (nSPS) is 10.8. The first kappa shape index (κ1) is 34.1. The summed E-state index contributed by atoms with van der Waals surface area (Å²) in [5, 5.41) is 16.3. The summed E-state index contributed by atoms with van der Waals surface area (Å²) in [6.07, 6.45) is 5.55. The molecule has 0 saturated heterocycles. The number of benzene rings is 6. The van der Waals surface area contributed by atoms with Crippen LogP contribution < -0.4 is 4.74 Å². The van der Waals surface area contributed by atoms with Gasteiger partial charge in [-0.2, -0.15) is 16.4 Å². The molecule has 0 aliphatic rings. The summed E-state index contributed by atoms with van der Waals surface area (Å²) in [5.74, 6) is 1.48. The number of nitrogens with zero attached hydrogens (tertiary/aromatic N) is 6. The molecule has 54 heavy (non-hydrogen) atoms. The molecule has 256 valence electrons. The van der Waals surface area contributed by atoms with Gasteiger partial charge in [-0.3, -0.25) is 9.53 Å². The molecule has 0 saturated carbocycles. The Bertz CT molecular complexity index is 2830. The van der Waals surface area contributed by atoms with Gasteiger partial charge >= 0.3 is 21.1 Å². The van der Waals surface area contributed by atoms with Crippen LogP contribution >= 0.6 is 0 Å². The maximum atomic E-state index is 9.63. The number of hydrogen-bond acceptors (Lipinski definition) is 4. The summed E-state index contributed by atoms with van der Waals surface area (Å²) in [4.78, 5) is 8.34. The third-order valence-electron chi connectivity index (χ3n) is 9.17. The molecule has 7 nitrogen and oxygen atoms in total. The summed E-state index contributed by atoms with van der Waals surface area (Å²) < 4.78 is 10.1. The Kier molecular flexibility index (Phi) is 9.16. The molecule has 0 unspecified atom stereocenters. The molecule has 3 heterocycles. The van der Waals surface area contributed by atoms with Crippen LogP contribution in [0.1, 0.15) is 5.56 Å². The predicted octanol–water partition coefficient (Wildman–Crippen LogP) is 11.2. The summed E-state index contributed by atoms with van der Waals surface area (Å²) in [6, 6.07) is 54.6. The van der Waals surface area contributed by atoms with Gasteiger partial charge in [0.05, 0.1) is 30.1 Å². The van der Waals surface area contributed by atoms with Gasteiger partial charge in [-0.25, -0.2) is 4.98 Å². The van der Waals surface area contributed by atoms with E-state index in [2.05, 4.69) is 70.5 Å². The molecule has 9 aromatic rings. The van der Waals surface area contributed by atoms with Crippen LogP contribution in [0.25, 0.3) is 71.5 Å². The van der Waals surface area contributed by atoms with Crippen LogP contribution in [-0.2, 0) is 21.1 Å². The third kappa shape index (κ3) is 6.24. The second kappa shape index (κ2) is 14.5. The topological polar surface area (TPSA) is 73.0 Å². The SMILES string of the molecule is [C-]#[N+]c1cc(Oc2[c-]c3c(cc2)c2ccc(C#N)cc2n3-c2ccccn2)[c-]c(-n2cc(-c3c(-c4ccccc4)cccc3-c3ccccc3)cn2)c1.[Pt+2]. The van der Waals surface area contributed by atoms with Crippen molar-refractivity contribution < 1.29 is 25.8 Å². The number of nitriles is 1. The Hall–Kier alpha value is -7.05. The van der Waals surface area contributed by atoms with E-state index in [9.17, 15) is 5.26 Å². The fourth-order valence-corrected chi connectivity index (χ4v) is 6.81. The number of ether oxygens (including phenoxy) is 1. The maximum Gasteiger partial charge on any atom is 2.00 e. The van der Waals surface area contributed by atoms with Crippen molar-refractivity contribution in [3.8, 4) is 62.5 Å². The van der Waals surface area contributed by atoms with Gasteiger partial charge < -0.3 is 9.30 Å². The first-order valence-electron chi connectivity index (χ1n) is 16.9. The average molecular weight is 874 g/mol. The molecule has 3 aromatic heterocycles. The second-order valence-corrected chi connectivity index (χ2v) is 12.4. The molecule has 0 amide bonds. The van der Waals surface area contributed by atoms with E-state index >= 15 is 0 Å². The van der Waals surface area contributed by atoms with Crippen LogP contribution in [0.15, 0.2) is 158 Å². The van der Waals surface area contributed by atoms with E-state index in [1.807, 2.05) is 102 Å². The van der Waals surface area contributed by atoms with Gasteiger partial charge in [0, 0.05) is 40.5 Å². The summed E-state index contributed by atoms with van der Waals surface area (Å²) in [7, 11) is 0. The molecule has 0 radical (unpaired) electrons. The summed E-state index contributed by atoms with van der Waals surface area (Å²) in [6.45, 7) is 7.88. The number of aromatic nitrogens is 4. The standard InChI is InChI=1S/C46H26N6O.Pt/c1-48-35-24-36(51-30-34(29-50-51)46-39(32-11-4-2-5-12-32)15-10-16-40(46)33-13-6-3-7-14-33)26-38(25-35)53-37-19-21-42-41-20-18-31(28-47)23-43(41)52(44(42)27-37)45-17-8-9-22-49-45;/h2-25,29-30H;/q-2;+2. The molecule has 0 bridgehead atoms. The van der Waals surface area contributed by atoms with Gasteiger partial charge in [-0.05, 0) is 51.9 Å². The summed E-state index contributed by atoms with van der Waals surface area (Å²) >= 11 is 0. The van der Waals surface area contributed by atoms with Crippen LogP contribution in [0.3, 0.4) is 0 Å². The van der Waals surface area contributed by atoms with Gasteiger partial charge in [0.15, 0.2) is 0 Å². The zero-order chi connectivity index (χ0) is 35.7. The largest absolute Gasteiger partial charge is 2.00 e. The Balaban J connectivity index is 0.00000413. The van der Waals surface area contributed by atoms with E-state index < -0.39 is 0 Å². The van der Waals surface area contributed by atoms with Crippen molar-refractivity contribution >= 4 is 27.5 Å². The number of pyridine rings is 1. The van der Waals surface area contributed by atoms with E-state index in [0.29, 0.717) is 34.3 Å². The van der Waals surface area contributed by atoms with Crippen LogP contribution in [0.2, 0.25) is 0 Å². The van der Waals surface area contributed by atoms with Crippen LogP contribution in [-0.4, -0.2) is 19.3 Å². The Morgan fingerprint density at radius 2 is 1.43 bits per heavy atom. The molecule has 6 aromatic carbocycles. The minimum absolute atomic E-state index is 0. The van der Waals surface area contributed by atoms with E-state index in [4.69, 9.17) is 16.4 Å². The van der Waals surface area contributed by atoms with Crippen molar-refractivity contribution in [1.29, 1.82) is 5.26 Å². The van der Waals surface area contributed by atoms with Gasteiger partial charge in [0.2, 0.25) is 0 Å². The molecule has 0 aliphatic heterocycles. The molecule has 0 aliphatic carbocycles. The number of rotatable bonds is 7. The number of fused-ring (bicyclic) bond motifs is 3. The van der Waals surface area contributed by atoms with Crippen molar-refractivity contribution in [3.05, 3.63) is 187 Å². The summed E-state index contributed by atoms with van der Waals surface area (Å²) in [5.41, 5.74) is 9.45. The Morgan fingerprint density at radius 3 is 2.11 bits per heavy atom. The molecular weight excluding hydrogens is 848 g/mol. The van der Waals surface area contributed by atoms with Crippen molar-refractivity contribution in [2.45, 2.75) is 0 Å². The van der Waals surface area contributed by atoms with Gasteiger partial charge in [0.1, 0.15) is 5.82 Å². The molecular formula is C46H26N6OPt. The number of hydrogen-bond donors (Lipinski definition) is 0. The van der Waals surface area contributed by atoms with Crippen molar-refractivity contribution in [2.24, 2.45) is 0 Å².